The second-order valence-electron chi connectivity index (χ2n) is 5.86. The van der Waals surface area contributed by atoms with E-state index >= 15 is 0 Å². The van der Waals surface area contributed by atoms with E-state index in [-0.39, 0.29) is 18.2 Å². The van der Waals surface area contributed by atoms with E-state index in [1.54, 1.807) is 11.1 Å². The number of urea groups is 1. The lowest BCUT2D eigenvalue weighted by atomic mass is 10.1. The minimum atomic E-state index is -0.0905. The lowest BCUT2D eigenvalue weighted by molar-refractivity contribution is -0.0318. The van der Waals surface area contributed by atoms with Gasteiger partial charge in [-0.05, 0) is 13.8 Å². The summed E-state index contributed by atoms with van der Waals surface area (Å²) in [6.07, 6.45) is 2.67. The van der Waals surface area contributed by atoms with Crippen molar-refractivity contribution in [1.29, 1.82) is 0 Å². The average molecular weight is 306 g/mol. The largest absolute Gasteiger partial charge is 0.376 e. The molecule has 7 heteroatoms. The second kappa shape index (κ2) is 6.58. The lowest BCUT2D eigenvalue weighted by Gasteiger charge is -2.36. The zero-order chi connectivity index (χ0) is 15.5. The van der Waals surface area contributed by atoms with Crippen molar-refractivity contribution in [3.8, 4) is 0 Å². The van der Waals surface area contributed by atoms with Crippen LogP contribution >= 0.6 is 0 Å². The Hall–Kier alpha value is -1.73. The van der Waals surface area contributed by atoms with Crippen LogP contribution in [0, 0.1) is 0 Å². The maximum absolute atomic E-state index is 12.3. The van der Waals surface area contributed by atoms with Gasteiger partial charge in [0.05, 0.1) is 44.2 Å². The summed E-state index contributed by atoms with van der Waals surface area (Å²) in [5.74, 6) is 0.642. The van der Waals surface area contributed by atoms with Gasteiger partial charge in [-0.15, -0.1) is 0 Å². The molecule has 7 nitrogen and oxygen atoms in total. The monoisotopic (exact) mass is 306 g/mol. The highest BCUT2D eigenvalue weighted by molar-refractivity contribution is 5.74. The second-order valence-corrected chi connectivity index (χ2v) is 5.86. The van der Waals surface area contributed by atoms with Crippen LogP contribution in [0.5, 0.6) is 0 Å². The molecule has 1 fully saturated rings. The molecule has 2 unspecified atom stereocenters. The first kappa shape index (κ1) is 15.2. The lowest BCUT2D eigenvalue weighted by Crippen LogP contribution is -2.53. The molecular weight excluding hydrogens is 284 g/mol. The number of nitrogens with one attached hydrogen (secondary N) is 1. The third-order valence-electron chi connectivity index (χ3n) is 4.01. The molecule has 1 aromatic rings. The van der Waals surface area contributed by atoms with Crippen LogP contribution in [0.1, 0.15) is 30.9 Å². The summed E-state index contributed by atoms with van der Waals surface area (Å²) < 4.78 is 10.9. The summed E-state index contributed by atoms with van der Waals surface area (Å²) in [4.78, 5) is 22.9. The zero-order valence-electron chi connectivity index (χ0n) is 13.0. The molecule has 3 heterocycles. The van der Waals surface area contributed by atoms with E-state index in [9.17, 15) is 4.79 Å². The minimum Gasteiger partial charge on any atom is -0.376 e. The van der Waals surface area contributed by atoms with Gasteiger partial charge >= 0.3 is 6.03 Å². The Morgan fingerprint density at radius 3 is 3.23 bits per heavy atom. The van der Waals surface area contributed by atoms with E-state index < -0.39 is 0 Å². The molecule has 0 aromatic carbocycles. The SMILES string of the molecule is CC1CN(C(=O)NCc2ncc3c(n2)CCOC3)C(C)CO1. The topological polar surface area (TPSA) is 76.6 Å². The fourth-order valence-electron chi connectivity index (χ4n) is 2.70. The van der Waals surface area contributed by atoms with E-state index in [1.165, 1.54) is 0 Å². The molecule has 2 amide bonds. The van der Waals surface area contributed by atoms with Crippen LogP contribution in [0.2, 0.25) is 0 Å². The zero-order valence-corrected chi connectivity index (χ0v) is 13.0. The van der Waals surface area contributed by atoms with Crippen molar-refractivity contribution >= 4 is 6.03 Å². The quantitative estimate of drug-likeness (QED) is 0.877. The summed E-state index contributed by atoms with van der Waals surface area (Å²) in [6, 6.07) is -0.00916. The van der Waals surface area contributed by atoms with Crippen molar-refractivity contribution in [3.05, 3.63) is 23.3 Å². The van der Waals surface area contributed by atoms with Gasteiger partial charge in [-0.2, -0.15) is 0 Å². The average Bonchev–Trinajstić information content (AvgIpc) is 2.54. The predicted octanol–water partition coefficient (Wildman–Crippen LogP) is 0.868. The van der Waals surface area contributed by atoms with Crippen molar-refractivity contribution < 1.29 is 14.3 Å². The van der Waals surface area contributed by atoms with E-state index in [1.807, 2.05) is 13.8 Å². The number of carbonyl (C=O) groups is 1. The van der Waals surface area contributed by atoms with Crippen LogP contribution in [-0.2, 0) is 29.0 Å². The predicted molar refractivity (Wildman–Crippen MR) is 79.2 cm³/mol. The Balaban J connectivity index is 1.58. The molecule has 2 aliphatic heterocycles. The van der Waals surface area contributed by atoms with Gasteiger partial charge in [0.1, 0.15) is 5.82 Å². The molecule has 1 saturated heterocycles. The van der Waals surface area contributed by atoms with Crippen molar-refractivity contribution in [2.75, 3.05) is 19.8 Å². The van der Waals surface area contributed by atoms with Gasteiger partial charge in [-0.25, -0.2) is 14.8 Å². The van der Waals surface area contributed by atoms with Gasteiger partial charge in [-0.1, -0.05) is 0 Å². The Labute approximate surface area is 130 Å². The molecule has 120 valence electrons. The number of morpholine rings is 1. The number of hydrogen-bond acceptors (Lipinski definition) is 5. The van der Waals surface area contributed by atoms with Gasteiger partial charge in [-0.3, -0.25) is 0 Å². The number of ether oxygens (including phenoxy) is 2. The molecule has 0 spiro atoms. The third kappa shape index (κ3) is 3.36. The Morgan fingerprint density at radius 1 is 1.50 bits per heavy atom. The summed E-state index contributed by atoms with van der Waals surface area (Å²) in [5.41, 5.74) is 2.07. The minimum absolute atomic E-state index is 0.0712. The van der Waals surface area contributed by atoms with Gasteiger partial charge in [0.25, 0.3) is 0 Å². The van der Waals surface area contributed by atoms with Gasteiger partial charge < -0.3 is 19.7 Å². The number of aromatic nitrogens is 2. The van der Waals surface area contributed by atoms with E-state index in [0.717, 1.165) is 17.7 Å². The fraction of sp³-hybridized carbons (Fsp3) is 0.667. The summed E-state index contributed by atoms with van der Waals surface area (Å²) in [7, 11) is 0. The molecular formula is C15H22N4O3. The van der Waals surface area contributed by atoms with Crippen LogP contribution in [-0.4, -0.2) is 52.8 Å². The molecule has 3 rings (SSSR count). The smallest absolute Gasteiger partial charge is 0.318 e. The maximum Gasteiger partial charge on any atom is 0.318 e. The molecule has 0 radical (unpaired) electrons. The molecule has 1 aromatic heterocycles. The standard InChI is InChI=1S/C15H22N4O3/c1-10-8-22-11(2)7-19(10)15(20)17-6-14-16-5-12-9-21-4-3-13(12)18-14/h5,10-11H,3-4,6-9H2,1-2H3,(H,17,20). The van der Waals surface area contributed by atoms with E-state index in [2.05, 4.69) is 15.3 Å². The van der Waals surface area contributed by atoms with Crippen molar-refractivity contribution in [3.63, 3.8) is 0 Å². The Morgan fingerprint density at radius 2 is 2.36 bits per heavy atom. The number of amides is 2. The molecule has 2 atom stereocenters. The van der Waals surface area contributed by atoms with Crippen LogP contribution in [0.4, 0.5) is 4.79 Å². The number of rotatable bonds is 2. The van der Waals surface area contributed by atoms with Crippen LogP contribution < -0.4 is 5.32 Å². The summed E-state index contributed by atoms with van der Waals surface area (Å²) in [5, 5.41) is 2.90. The molecule has 0 saturated carbocycles. The number of nitrogens with zero attached hydrogens (tertiary/aromatic N) is 3. The van der Waals surface area contributed by atoms with Crippen molar-refractivity contribution in [2.45, 2.75) is 45.6 Å². The number of carbonyl (C=O) groups excluding carboxylic acids is 1. The molecule has 2 aliphatic rings. The normalized spacial score (nSPS) is 24.7. The number of hydrogen-bond donors (Lipinski definition) is 1. The Bertz CT molecular complexity index is 552. The van der Waals surface area contributed by atoms with Crippen LogP contribution in [0.15, 0.2) is 6.20 Å². The van der Waals surface area contributed by atoms with Gasteiger partial charge in [0, 0.05) is 24.7 Å². The first-order chi connectivity index (χ1) is 10.6. The first-order valence-electron chi connectivity index (χ1n) is 7.71. The maximum atomic E-state index is 12.3. The van der Waals surface area contributed by atoms with Gasteiger partial charge in [0.2, 0.25) is 0 Å². The molecule has 1 N–H and O–H groups in total. The van der Waals surface area contributed by atoms with Gasteiger partial charge in [0.15, 0.2) is 0 Å². The Kier molecular flexibility index (Phi) is 4.54. The van der Waals surface area contributed by atoms with Crippen LogP contribution in [0.25, 0.3) is 0 Å². The summed E-state index contributed by atoms with van der Waals surface area (Å²) in [6.45, 7) is 6.75. The first-order valence-corrected chi connectivity index (χ1v) is 7.71. The van der Waals surface area contributed by atoms with Crippen molar-refractivity contribution in [2.24, 2.45) is 0 Å². The highest BCUT2D eigenvalue weighted by Crippen LogP contribution is 2.14. The van der Waals surface area contributed by atoms with Crippen LogP contribution in [0.3, 0.4) is 0 Å². The van der Waals surface area contributed by atoms with E-state index in [0.29, 0.717) is 38.7 Å². The van der Waals surface area contributed by atoms with Crippen molar-refractivity contribution in [1.82, 2.24) is 20.2 Å². The van der Waals surface area contributed by atoms with E-state index in [4.69, 9.17) is 9.47 Å². The molecule has 0 bridgehead atoms. The highest BCUT2D eigenvalue weighted by Gasteiger charge is 2.27. The molecule has 0 aliphatic carbocycles. The molecule has 22 heavy (non-hydrogen) atoms. The highest BCUT2D eigenvalue weighted by atomic mass is 16.5. The third-order valence-corrected chi connectivity index (χ3v) is 4.01. The number of fused-ring (bicyclic) bond motifs is 1. The fourth-order valence-corrected chi connectivity index (χ4v) is 2.70. The summed E-state index contributed by atoms with van der Waals surface area (Å²) >= 11 is 0.